The number of anilines is 1. The van der Waals surface area contributed by atoms with Crippen molar-refractivity contribution in [2.45, 2.75) is 25.3 Å². The molecule has 3 rings (SSSR count). The first-order valence-corrected chi connectivity index (χ1v) is 7.01. The van der Waals surface area contributed by atoms with Crippen molar-refractivity contribution in [1.29, 1.82) is 5.26 Å². The Bertz CT molecular complexity index is 659. The van der Waals surface area contributed by atoms with Crippen LogP contribution in [0.2, 0.25) is 0 Å². The summed E-state index contributed by atoms with van der Waals surface area (Å²) in [5.74, 6) is 0.973. The van der Waals surface area contributed by atoms with Crippen LogP contribution in [0.4, 0.5) is 5.69 Å². The average molecular weight is 269 g/mol. The first-order valence-electron chi connectivity index (χ1n) is 7.01. The summed E-state index contributed by atoms with van der Waals surface area (Å²) < 4.78 is 2.05. The van der Waals surface area contributed by atoms with Gasteiger partial charge in [-0.25, -0.2) is 4.98 Å². The molecule has 1 aliphatic heterocycles. The summed E-state index contributed by atoms with van der Waals surface area (Å²) >= 11 is 0. The van der Waals surface area contributed by atoms with E-state index in [4.69, 9.17) is 0 Å². The third-order valence-corrected chi connectivity index (χ3v) is 3.91. The molecule has 2 aromatic heterocycles. The molecule has 0 aliphatic carbocycles. The van der Waals surface area contributed by atoms with Crippen molar-refractivity contribution < 1.29 is 0 Å². The van der Waals surface area contributed by atoms with Gasteiger partial charge in [-0.3, -0.25) is 0 Å². The van der Waals surface area contributed by atoms with E-state index in [-0.39, 0.29) is 0 Å². The molecule has 1 atom stereocenters. The summed E-state index contributed by atoms with van der Waals surface area (Å²) in [6.07, 6.45) is 5.31. The van der Waals surface area contributed by atoms with Gasteiger partial charge in [0.25, 0.3) is 0 Å². The molecule has 1 fully saturated rings. The molecule has 0 radical (unpaired) electrons. The van der Waals surface area contributed by atoms with Crippen LogP contribution in [0.5, 0.6) is 0 Å². The van der Waals surface area contributed by atoms with Crippen LogP contribution in [0.1, 0.15) is 24.4 Å². The van der Waals surface area contributed by atoms with E-state index in [0.717, 1.165) is 30.0 Å². The molecule has 1 aliphatic rings. The van der Waals surface area contributed by atoms with Crippen LogP contribution < -0.4 is 10.2 Å². The minimum Gasteiger partial charge on any atom is -0.378 e. The number of hydrogen-bond donors (Lipinski definition) is 1. The Labute approximate surface area is 118 Å². The standard InChI is InChI=1S/C15H19N5/c1-19(2)12-5-7-20-14(9-12)13(10-16)18-15(20)8-11-4-3-6-17-11/h5,7,9,11,17H,3-4,6,8H2,1-2H3. The maximum absolute atomic E-state index is 9.28. The van der Waals surface area contributed by atoms with Gasteiger partial charge < -0.3 is 14.6 Å². The monoisotopic (exact) mass is 269 g/mol. The van der Waals surface area contributed by atoms with Gasteiger partial charge in [0.15, 0.2) is 5.69 Å². The highest BCUT2D eigenvalue weighted by Crippen LogP contribution is 2.21. The van der Waals surface area contributed by atoms with E-state index in [2.05, 4.69) is 22.4 Å². The lowest BCUT2D eigenvalue weighted by molar-refractivity contribution is 0.584. The summed E-state index contributed by atoms with van der Waals surface area (Å²) in [7, 11) is 4.00. The van der Waals surface area contributed by atoms with Gasteiger partial charge in [-0.1, -0.05) is 0 Å². The third kappa shape index (κ3) is 2.23. The van der Waals surface area contributed by atoms with Gasteiger partial charge in [0.2, 0.25) is 0 Å². The van der Waals surface area contributed by atoms with Gasteiger partial charge in [-0.15, -0.1) is 0 Å². The van der Waals surface area contributed by atoms with Gasteiger partial charge in [0.1, 0.15) is 11.9 Å². The fourth-order valence-corrected chi connectivity index (χ4v) is 2.79. The third-order valence-electron chi connectivity index (χ3n) is 3.91. The predicted molar refractivity (Wildman–Crippen MR) is 79.0 cm³/mol. The Morgan fingerprint density at radius 2 is 2.40 bits per heavy atom. The molecule has 0 aromatic carbocycles. The highest BCUT2D eigenvalue weighted by molar-refractivity contribution is 5.66. The number of imidazole rings is 1. The number of hydrogen-bond acceptors (Lipinski definition) is 4. The fourth-order valence-electron chi connectivity index (χ4n) is 2.79. The summed E-state index contributed by atoms with van der Waals surface area (Å²) in [5.41, 5.74) is 2.49. The van der Waals surface area contributed by atoms with Crippen molar-refractivity contribution >= 4 is 11.2 Å². The SMILES string of the molecule is CN(C)c1ccn2c(CC3CCCN3)nc(C#N)c2c1. The van der Waals surface area contributed by atoms with E-state index in [1.807, 2.05) is 35.7 Å². The molecule has 104 valence electrons. The van der Waals surface area contributed by atoms with E-state index in [1.54, 1.807) is 0 Å². The van der Waals surface area contributed by atoms with Crippen molar-refractivity contribution in [3.63, 3.8) is 0 Å². The van der Waals surface area contributed by atoms with Crippen LogP contribution in [0.3, 0.4) is 0 Å². The molecule has 5 nitrogen and oxygen atoms in total. The maximum Gasteiger partial charge on any atom is 0.166 e. The number of nitrogens with zero attached hydrogens (tertiary/aromatic N) is 4. The molecule has 0 saturated carbocycles. The molecule has 0 bridgehead atoms. The van der Waals surface area contributed by atoms with Crippen molar-refractivity contribution in [2.75, 3.05) is 25.5 Å². The van der Waals surface area contributed by atoms with E-state index >= 15 is 0 Å². The van der Waals surface area contributed by atoms with Crippen molar-refractivity contribution in [3.05, 3.63) is 29.8 Å². The summed E-state index contributed by atoms with van der Waals surface area (Å²) in [6, 6.07) is 6.78. The molecule has 1 unspecified atom stereocenters. The van der Waals surface area contributed by atoms with E-state index in [1.165, 1.54) is 12.8 Å². The molecular formula is C15H19N5. The minimum atomic E-state index is 0.487. The van der Waals surface area contributed by atoms with Gasteiger partial charge in [-0.05, 0) is 31.5 Å². The lowest BCUT2D eigenvalue weighted by atomic mass is 10.1. The number of pyridine rings is 1. The Kier molecular flexibility index (Phi) is 3.33. The maximum atomic E-state index is 9.28. The molecule has 20 heavy (non-hydrogen) atoms. The lowest BCUT2D eigenvalue weighted by Gasteiger charge is -2.13. The average Bonchev–Trinajstić information content (AvgIpc) is 3.07. The van der Waals surface area contributed by atoms with Crippen molar-refractivity contribution in [3.8, 4) is 6.07 Å². The first-order chi connectivity index (χ1) is 9.69. The van der Waals surface area contributed by atoms with Crippen LogP contribution in [-0.2, 0) is 6.42 Å². The van der Waals surface area contributed by atoms with Crippen molar-refractivity contribution in [2.24, 2.45) is 0 Å². The number of aromatic nitrogens is 2. The number of nitriles is 1. The molecule has 5 heteroatoms. The summed E-state index contributed by atoms with van der Waals surface area (Å²) in [6.45, 7) is 1.09. The normalized spacial score (nSPS) is 18.4. The molecule has 1 N–H and O–H groups in total. The zero-order valence-electron chi connectivity index (χ0n) is 11.9. The van der Waals surface area contributed by atoms with E-state index in [9.17, 15) is 5.26 Å². The topological polar surface area (TPSA) is 56.4 Å². The smallest absolute Gasteiger partial charge is 0.166 e. The number of fused-ring (bicyclic) bond motifs is 1. The Morgan fingerprint density at radius 3 is 3.05 bits per heavy atom. The Hall–Kier alpha value is -2.06. The largest absolute Gasteiger partial charge is 0.378 e. The van der Waals surface area contributed by atoms with Gasteiger partial charge in [-0.2, -0.15) is 5.26 Å². The van der Waals surface area contributed by atoms with Crippen LogP contribution >= 0.6 is 0 Å². The van der Waals surface area contributed by atoms with Gasteiger partial charge >= 0.3 is 0 Å². The fraction of sp³-hybridized carbons (Fsp3) is 0.467. The van der Waals surface area contributed by atoms with Gasteiger partial charge in [0.05, 0.1) is 5.52 Å². The van der Waals surface area contributed by atoms with E-state index in [0.29, 0.717) is 11.7 Å². The number of rotatable bonds is 3. The first kappa shape index (κ1) is 12.9. The molecule has 2 aromatic rings. The second kappa shape index (κ2) is 5.14. The summed E-state index contributed by atoms with van der Waals surface area (Å²) in [4.78, 5) is 6.55. The highest BCUT2D eigenvalue weighted by atomic mass is 15.1. The highest BCUT2D eigenvalue weighted by Gasteiger charge is 2.19. The van der Waals surface area contributed by atoms with Crippen molar-refractivity contribution in [1.82, 2.24) is 14.7 Å². The molecule has 0 spiro atoms. The second-order valence-corrected chi connectivity index (χ2v) is 5.52. The Morgan fingerprint density at radius 1 is 1.55 bits per heavy atom. The molecular weight excluding hydrogens is 250 g/mol. The minimum absolute atomic E-state index is 0.487. The second-order valence-electron chi connectivity index (χ2n) is 5.52. The molecule has 0 amide bonds. The van der Waals surface area contributed by atoms with Gasteiger partial charge in [0, 0.05) is 38.4 Å². The molecule has 3 heterocycles. The predicted octanol–water partition coefficient (Wildman–Crippen LogP) is 1.57. The van der Waals surface area contributed by atoms with E-state index < -0.39 is 0 Å². The molecule has 1 saturated heterocycles. The van der Waals surface area contributed by atoms with Crippen LogP contribution in [-0.4, -0.2) is 36.1 Å². The zero-order chi connectivity index (χ0) is 14.1. The number of nitrogens with one attached hydrogen (secondary N) is 1. The van der Waals surface area contributed by atoms with Crippen LogP contribution in [0.25, 0.3) is 5.52 Å². The summed E-state index contributed by atoms with van der Waals surface area (Å²) in [5, 5.41) is 12.8. The lowest BCUT2D eigenvalue weighted by Crippen LogP contribution is -2.24. The van der Waals surface area contributed by atoms with Crippen LogP contribution in [0.15, 0.2) is 18.3 Å². The quantitative estimate of drug-likeness (QED) is 0.919. The Balaban J connectivity index is 2.02. The zero-order valence-corrected chi connectivity index (χ0v) is 11.9. The van der Waals surface area contributed by atoms with Crippen LogP contribution in [0, 0.1) is 11.3 Å².